The van der Waals surface area contributed by atoms with Crippen LogP contribution in [0.5, 0.6) is 5.75 Å². The van der Waals surface area contributed by atoms with Gasteiger partial charge in [0.05, 0.1) is 7.11 Å². The van der Waals surface area contributed by atoms with E-state index < -0.39 is 6.04 Å². The zero-order valence-electron chi connectivity index (χ0n) is 17.1. The molecule has 3 rings (SSSR count). The van der Waals surface area contributed by atoms with Crippen molar-refractivity contribution in [3.05, 3.63) is 65.5 Å². The largest absolute Gasteiger partial charge is 0.497 e. The maximum Gasteiger partial charge on any atom is 0.251 e. The standard InChI is InChI=1S/C23H28FN3O3/c1-30-20-9-4-7-17(13-20)23(29)26-15-19-8-5-11-27(19)22(28)14-18(25)12-16-6-2-3-10-21(16)24/h2-4,6-7,9-10,13,18-19H,5,8,11-12,14-15,25H2,1H3,(H,26,29). The molecule has 0 aromatic heterocycles. The monoisotopic (exact) mass is 413 g/mol. The fourth-order valence-electron chi connectivity index (χ4n) is 3.81. The molecule has 2 unspecified atom stereocenters. The molecule has 1 saturated heterocycles. The predicted octanol–water partition coefficient (Wildman–Crippen LogP) is 2.52. The highest BCUT2D eigenvalue weighted by Gasteiger charge is 2.29. The third-order valence-electron chi connectivity index (χ3n) is 5.40. The maximum atomic E-state index is 13.8. The van der Waals surface area contributed by atoms with Crippen LogP contribution >= 0.6 is 0 Å². The number of carbonyl (C=O) groups excluding carboxylic acids is 2. The van der Waals surface area contributed by atoms with Crippen molar-refractivity contribution >= 4 is 11.8 Å². The molecule has 0 bridgehead atoms. The van der Waals surface area contributed by atoms with Crippen LogP contribution in [0.15, 0.2) is 48.5 Å². The molecule has 7 heteroatoms. The summed E-state index contributed by atoms with van der Waals surface area (Å²) in [6.45, 7) is 1.02. The summed E-state index contributed by atoms with van der Waals surface area (Å²) in [5.41, 5.74) is 7.14. The average molecular weight is 413 g/mol. The van der Waals surface area contributed by atoms with Gasteiger partial charge in [0.25, 0.3) is 5.91 Å². The minimum Gasteiger partial charge on any atom is -0.497 e. The predicted molar refractivity (Wildman–Crippen MR) is 113 cm³/mol. The van der Waals surface area contributed by atoms with Crippen LogP contribution in [-0.4, -0.2) is 49.0 Å². The minimum atomic E-state index is -0.456. The normalized spacial score (nSPS) is 16.9. The number of rotatable bonds is 8. The van der Waals surface area contributed by atoms with E-state index >= 15 is 0 Å². The molecule has 2 amide bonds. The molecule has 2 aromatic carbocycles. The number of nitrogens with zero attached hydrogens (tertiary/aromatic N) is 1. The fourth-order valence-corrected chi connectivity index (χ4v) is 3.81. The van der Waals surface area contributed by atoms with Crippen LogP contribution in [0.1, 0.15) is 35.2 Å². The molecular formula is C23H28FN3O3. The van der Waals surface area contributed by atoms with Crippen LogP contribution in [-0.2, 0) is 11.2 Å². The summed E-state index contributed by atoms with van der Waals surface area (Å²) in [5.74, 6) is 0.0466. The highest BCUT2D eigenvalue weighted by atomic mass is 19.1. The highest BCUT2D eigenvalue weighted by Crippen LogP contribution is 2.19. The zero-order chi connectivity index (χ0) is 21.5. The number of halogens is 1. The summed E-state index contributed by atoms with van der Waals surface area (Å²) in [4.78, 5) is 27.0. The van der Waals surface area contributed by atoms with Gasteiger partial charge in [-0.3, -0.25) is 9.59 Å². The molecule has 0 saturated carbocycles. The summed E-state index contributed by atoms with van der Waals surface area (Å²) in [6.07, 6.45) is 2.17. The smallest absolute Gasteiger partial charge is 0.251 e. The Hall–Kier alpha value is -2.93. The molecule has 1 aliphatic heterocycles. The zero-order valence-corrected chi connectivity index (χ0v) is 17.1. The SMILES string of the molecule is COc1cccc(C(=O)NCC2CCCN2C(=O)CC(N)Cc2ccccc2F)c1. The second-order valence-electron chi connectivity index (χ2n) is 7.58. The lowest BCUT2D eigenvalue weighted by Crippen LogP contribution is -2.45. The number of hydrogen-bond acceptors (Lipinski definition) is 4. The molecule has 1 aliphatic rings. The maximum absolute atomic E-state index is 13.8. The van der Waals surface area contributed by atoms with E-state index in [-0.39, 0.29) is 30.1 Å². The number of likely N-dealkylation sites (tertiary alicyclic amines) is 1. The van der Waals surface area contributed by atoms with Crippen molar-refractivity contribution in [3.8, 4) is 5.75 Å². The Morgan fingerprint density at radius 1 is 1.27 bits per heavy atom. The van der Waals surface area contributed by atoms with E-state index in [4.69, 9.17) is 10.5 Å². The third kappa shape index (κ3) is 5.57. The number of carbonyl (C=O) groups is 2. The number of nitrogens with two attached hydrogens (primary N) is 1. The average Bonchev–Trinajstić information content (AvgIpc) is 3.22. The van der Waals surface area contributed by atoms with Gasteiger partial charge in [0, 0.05) is 37.2 Å². The number of nitrogens with one attached hydrogen (secondary N) is 1. The number of amides is 2. The van der Waals surface area contributed by atoms with Gasteiger partial charge >= 0.3 is 0 Å². The molecule has 2 aromatic rings. The lowest BCUT2D eigenvalue weighted by molar-refractivity contribution is -0.132. The minimum absolute atomic E-state index is 0.0584. The molecule has 1 heterocycles. The van der Waals surface area contributed by atoms with Crippen LogP contribution in [0.3, 0.4) is 0 Å². The molecular weight excluding hydrogens is 385 g/mol. The van der Waals surface area contributed by atoms with Crippen molar-refractivity contribution in [1.29, 1.82) is 0 Å². The molecule has 0 spiro atoms. The van der Waals surface area contributed by atoms with Crippen LogP contribution < -0.4 is 15.8 Å². The van der Waals surface area contributed by atoms with Gasteiger partial charge in [0.1, 0.15) is 11.6 Å². The number of hydrogen-bond donors (Lipinski definition) is 2. The van der Waals surface area contributed by atoms with Crippen LogP contribution in [0.4, 0.5) is 4.39 Å². The molecule has 2 atom stereocenters. The summed E-state index contributed by atoms with van der Waals surface area (Å²) in [5, 5.41) is 2.91. The Kier molecular flexibility index (Phi) is 7.41. The topological polar surface area (TPSA) is 84.7 Å². The van der Waals surface area contributed by atoms with Gasteiger partial charge in [0.2, 0.25) is 5.91 Å². The second-order valence-corrected chi connectivity index (χ2v) is 7.58. The van der Waals surface area contributed by atoms with E-state index in [1.54, 1.807) is 54.5 Å². The van der Waals surface area contributed by atoms with Gasteiger partial charge in [-0.15, -0.1) is 0 Å². The summed E-state index contributed by atoms with van der Waals surface area (Å²) >= 11 is 0. The van der Waals surface area contributed by atoms with Gasteiger partial charge in [-0.1, -0.05) is 24.3 Å². The molecule has 0 radical (unpaired) electrons. The van der Waals surface area contributed by atoms with Crippen molar-refractivity contribution in [1.82, 2.24) is 10.2 Å². The lowest BCUT2D eigenvalue weighted by Gasteiger charge is -2.26. The third-order valence-corrected chi connectivity index (χ3v) is 5.40. The van der Waals surface area contributed by atoms with E-state index in [9.17, 15) is 14.0 Å². The molecule has 3 N–H and O–H groups in total. The molecule has 0 aliphatic carbocycles. The first-order chi connectivity index (χ1) is 14.5. The first kappa shape index (κ1) is 21.8. The van der Waals surface area contributed by atoms with Gasteiger partial charge < -0.3 is 20.7 Å². The van der Waals surface area contributed by atoms with Crippen molar-refractivity contribution in [2.24, 2.45) is 5.73 Å². The number of benzene rings is 2. The van der Waals surface area contributed by atoms with Gasteiger partial charge in [-0.05, 0) is 49.1 Å². The Labute approximate surface area is 176 Å². The quantitative estimate of drug-likeness (QED) is 0.697. The van der Waals surface area contributed by atoms with E-state index in [0.29, 0.717) is 36.4 Å². The Balaban J connectivity index is 1.52. The highest BCUT2D eigenvalue weighted by molar-refractivity contribution is 5.94. The molecule has 1 fully saturated rings. The van der Waals surface area contributed by atoms with Crippen molar-refractivity contribution in [2.75, 3.05) is 20.2 Å². The Morgan fingerprint density at radius 3 is 2.83 bits per heavy atom. The van der Waals surface area contributed by atoms with E-state index in [1.165, 1.54) is 6.07 Å². The summed E-state index contributed by atoms with van der Waals surface area (Å²) < 4.78 is 19.0. The first-order valence-corrected chi connectivity index (χ1v) is 10.2. The van der Waals surface area contributed by atoms with Gasteiger partial charge in [-0.25, -0.2) is 4.39 Å². The number of ether oxygens (including phenoxy) is 1. The Morgan fingerprint density at radius 2 is 2.07 bits per heavy atom. The van der Waals surface area contributed by atoms with Gasteiger partial charge in [0.15, 0.2) is 0 Å². The van der Waals surface area contributed by atoms with E-state index in [1.807, 2.05) is 0 Å². The second kappa shape index (κ2) is 10.2. The van der Waals surface area contributed by atoms with E-state index in [0.717, 1.165) is 12.8 Å². The summed E-state index contributed by atoms with van der Waals surface area (Å²) in [7, 11) is 1.55. The Bertz CT molecular complexity index is 890. The van der Waals surface area contributed by atoms with Crippen molar-refractivity contribution < 1.29 is 18.7 Å². The van der Waals surface area contributed by atoms with Gasteiger partial charge in [-0.2, -0.15) is 0 Å². The summed E-state index contributed by atoms with van der Waals surface area (Å²) in [6, 6.07) is 12.9. The molecule has 30 heavy (non-hydrogen) atoms. The fraction of sp³-hybridized carbons (Fsp3) is 0.391. The molecule has 6 nitrogen and oxygen atoms in total. The molecule has 160 valence electrons. The lowest BCUT2D eigenvalue weighted by atomic mass is 10.0. The van der Waals surface area contributed by atoms with Crippen LogP contribution in [0.2, 0.25) is 0 Å². The number of methoxy groups -OCH3 is 1. The van der Waals surface area contributed by atoms with Crippen LogP contribution in [0, 0.1) is 5.82 Å². The van der Waals surface area contributed by atoms with Crippen molar-refractivity contribution in [2.45, 2.75) is 37.8 Å². The van der Waals surface area contributed by atoms with Crippen LogP contribution in [0.25, 0.3) is 0 Å². The van der Waals surface area contributed by atoms with Crippen molar-refractivity contribution in [3.63, 3.8) is 0 Å². The van der Waals surface area contributed by atoms with E-state index in [2.05, 4.69) is 5.32 Å². The first-order valence-electron chi connectivity index (χ1n) is 10.2.